The lowest BCUT2D eigenvalue weighted by Gasteiger charge is -2.12. The summed E-state index contributed by atoms with van der Waals surface area (Å²) < 4.78 is 21.1. The summed E-state index contributed by atoms with van der Waals surface area (Å²) in [4.78, 5) is 0. The second kappa shape index (κ2) is 7.71. The molecular formula is C15H22O5. The zero-order chi connectivity index (χ0) is 14.4. The van der Waals surface area contributed by atoms with Gasteiger partial charge in [0.25, 0.3) is 0 Å². The number of ether oxygens (including phenoxy) is 4. The highest BCUT2D eigenvalue weighted by atomic mass is 16.7. The van der Waals surface area contributed by atoms with Gasteiger partial charge in [-0.1, -0.05) is 30.3 Å². The third-order valence-corrected chi connectivity index (χ3v) is 3.35. The molecule has 5 nitrogen and oxygen atoms in total. The zero-order valence-electron chi connectivity index (χ0n) is 11.9. The first kappa shape index (κ1) is 15.4. The molecule has 0 spiro atoms. The van der Waals surface area contributed by atoms with E-state index < -0.39 is 6.10 Å². The number of benzene rings is 1. The van der Waals surface area contributed by atoms with E-state index in [2.05, 4.69) is 0 Å². The molecule has 2 rings (SSSR count). The van der Waals surface area contributed by atoms with Gasteiger partial charge < -0.3 is 24.1 Å². The average molecular weight is 282 g/mol. The van der Waals surface area contributed by atoms with Crippen molar-refractivity contribution in [2.75, 3.05) is 20.8 Å². The molecule has 1 N–H and O–H groups in total. The van der Waals surface area contributed by atoms with Crippen molar-refractivity contribution in [3.05, 3.63) is 35.9 Å². The Morgan fingerprint density at radius 1 is 1.20 bits per heavy atom. The molecule has 1 aromatic rings. The van der Waals surface area contributed by atoms with Crippen LogP contribution in [0.2, 0.25) is 0 Å². The molecule has 0 bridgehead atoms. The Hall–Kier alpha value is -0.980. The first-order valence-corrected chi connectivity index (χ1v) is 6.75. The standard InChI is InChI=1S/C15H22O5/c1-17-14(18-2)8-13-15(20-13)12(16)10-19-9-11-6-4-3-5-7-11/h3-7,12-16H,8-10H2,1-2H3/t12-,13-,15-/m1/s1. The van der Waals surface area contributed by atoms with Crippen LogP contribution in [0.25, 0.3) is 0 Å². The van der Waals surface area contributed by atoms with Crippen LogP contribution in [0.4, 0.5) is 0 Å². The molecular weight excluding hydrogens is 260 g/mol. The van der Waals surface area contributed by atoms with Crippen LogP contribution in [-0.2, 0) is 25.6 Å². The highest BCUT2D eigenvalue weighted by Crippen LogP contribution is 2.30. The van der Waals surface area contributed by atoms with Gasteiger partial charge in [0.05, 0.1) is 19.3 Å². The molecule has 0 amide bonds. The molecule has 0 saturated carbocycles. The lowest BCUT2D eigenvalue weighted by Crippen LogP contribution is -2.25. The third-order valence-electron chi connectivity index (χ3n) is 3.35. The van der Waals surface area contributed by atoms with Crippen molar-refractivity contribution in [3.63, 3.8) is 0 Å². The maximum absolute atomic E-state index is 9.96. The smallest absolute Gasteiger partial charge is 0.159 e. The molecule has 3 atom stereocenters. The van der Waals surface area contributed by atoms with Crippen LogP contribution >= 0.6 is 0 Å². The van der Waals surface area contributed by atoms with Gasteiger partial charge in [0.15, 0.2) is 6.29 Å². The van der Waals surface area contributed by atoms with Gasteiger partial charge in [-0.15, -0.1) is 0 Å². The molecule has 1 aliphatic heterocycles. The number of aliphatic hydroxyl groups excluding tert-OH is 1. The van der Waals surface area contributed by atoms with Crippen molar-refractivity contribution < 1.29 is 24.1 Å². The molecule has 1 fully saturated rings. The second-order valence-electron chi connectivity index (χ2n) is 4.84. The maximum Gasteiger partial charge on any atom is 0.159 e. The van der Waals surface area contributed by atoms with E-state index in [0.29, 0.717) is 13.0 Å². The Kier molecular flexibility index (Phi) is 5.94. The minimum absolute atomic E-state index is 0.0183. The highest BCUT2D eigenvalue weighted by Gasteiger charge is 2.45. The minimum atomic E-state index is -0.613. The van der Waals surface area contributed by atoms with Crippen LogP contribution < -0.4 is 0 Å². The Morgan fingerprint density at radius 3 is 2.55 bits per heavy atom. The monoisotopic (exact) mass is 282 g/mol. The van der Waals surface area contributed by atoms with Crippen molar-refractivity contribution in [1.29, 1.82) is 0 Å². The third kappa shape index (κ3) is 4.54. The van der Waals surface area contributed by atoms with Gasteiger partial charge in [-0.05, 0) is 5.56 Å². The van der Waals surface area contributed by atoms with Crippen molar-refractivity contribution in [3.8, 4) is 0 Å². The van der Waals surface area contributed by atoms with E-state index >= 15 is 0 Å². The predicted molar refractivity (Wildman–Crippen MR) is 73.2 cm³/mol. The zero-order valence-corrected chi connectivity index (χ0v) is 11.9. The SMILES string of the molecule is COC(C[C@H]1O[C@@H]1[C@H](O)COCc1ccccc1)OC. The van der Waals surface area contributed by atoms with Gasteiger partial charge in [-0.3, -0.25) is 0 Å². The quantitative estimate of drug-likeness (QED) is 0.547. The number of hydrogen-bond donors (Lipinski definition) is 1. The van der Waals surface area contributed by atoms with Crippen molar-refractivity contribution in [2.24, 2.45) is 0 Å². The van der Waals surface area contributed by atoms with E-state index in [1.165, 1.54) is 0 Å². The summed E-state index contributed by atoms with van der Waals surface area (Å²) in [5.41, 5.74) is 1.09. The molecule has 20 heavy (non-hydrogen) atoms. The Bertz CT molecular complexity index is 379. The van der Waals surface area contributed by atoms with E-state index in [-0.39, 0.29) is 25.1 Å². The molecule has 1 aliphatic rings. The predicted octanol–water partition coefficient (Wildman–Crippen LogP) is 1.34. The van der Waals surface area contributed by atoms with Gasteiger partial charge in [0.2, 0.25) is 0 Å². The molecule has 0 unspecified atom stereocenters. The summed E-state index contributed by atoms with van der Waals surface area (Å²) in [5, 5.41) is 9.96. The van der Waals surface area contributed by atoms with Crippen molar-refractivity contribution in [2.45, 2.75) is 37.6 Å². The molecule has 1 heterocycles. The summed E-state index contributed by atoms with van der Waals surface area (Å²) >= 11 is 0. The van der Waals surface area contributed by atoms with Gasteiger partial charge in [-0.25, -0.2) is 0 Å². The number of methoxy groups -OCH3 is 2. The van der Waals surface area contributed by atoms with Crippen LogP contribution in [0.15, 0.2) is 30.3 Å². The van der Waals surface area contributed by atoms with Crippen LogP contribution in [0.3, 0.4) is 0 Å². The Labute approximate surface area is 119 Å². The van der Waals surface area contributed by atoms with E-state index in [0.717, 1.165) is 5.56 Å². The molecule has 1 saturated heterocycles. The van der Waals surface area contributed by atoms with Crippen LogP contribution in [0, 0.1) is 0 Å². The normalized spacial score (nSPS) is 23.0. The van der Waals surface area contributed by atoms with Crippen molar-refractivity contribution >= 4 is 0 Å². The molecule has 0 radical (unpaired) electrons. The first-order valence-electron chi connectivity index (χ1n) is 6.75. The van der Waals surface area contributed by atoms with Crippen LogP contribution in [0.5, 0.6) is 0 Å². The van der Waals surface area contributed by atoms with Crippen molar-refractivity contribution in [1.82, 2.24) is 0 Å². The van der Waals surface area contributed by atoms with Gasteiger partial charge in [-0.2, -0.15) is 0 Å². The molecule has 1 aromatic carbocycles. The number of aliphatic hydroxyl groups is 1. The summed E-state index contributed by atoms with van der Waals surface area (Å²) in [6, 6.07) is 9.87. The number of epoxide rings is 1. The largest absolute Gasteiger partial charge is 0.388 e. The van der Waals surface area contributed by atoms with E-state index in [1.54, 1.807) is 14.2 Å². The Morgan fingerprint density at radius 2 is 1.90 bits per heavy atom. The first-order chi connectivity index (χ1) is 9.74. The fourth-order valence-corrected chi connectivity index (χ4v) is 2.13. The molecule has 0 aliphatic carbocycles. The molecule has 5 heteroatoms. The fraction of sp³-hybridized carbons (Fsp3) is 0.600. The van der Waals surface area contributed by atoms with Gasteiger partial charge >= 0.3 is 0 Å². The van der Waals surface area contributed by atoms with Gasteiger partial charge in [0, 0.05) is 20.6 Å². The topological polar surface area (TPSA) is 60.5 Å². The lowest BCUT2D eigenvalue weighted by atomic mass is 10.1. The number of rotatable bonds is 9. The van der Waals surface area contributed by atoms with Crippen LogP contribution in [-0.4, -0.2) is 50.5 Å². The molecule has 0 aromatic heterocycles. The minimum Gasteiger partial charge on any atom is -0.388 e. The highest BCUT2D eigenvalue weighted by molar-refractivity contribution is 5.13. The summed E-state index contributed by atoms with van der Waals surface area (Å²) in [6.45, 7) is 0.759. The second-order valence-corrected chi connectivity index (χ2v) is 4.84. The van der Waals surface area contributed by atoms with E-state index in [1.807, 2.05) is 30.3 Å². The summed E-state index contributed by atoms with van der Waals surface area (Å²) in [5.74, 6) is 0. The molecule has 112 valence electrons. The Balaban J connectivity index is 1.63. The van der Waals surface area contributed by atoms with E-state index in [4.69, 9.17) is 18.9 Å². The summed E-state index contributed by atoms with van der Waals surface area (Å²) in [6.07, 6.45) is -0.484. The maximum atomic E-state index is 9.96. The van der Waals surface area contributed by atoms with Gasteiger partial charge in [0.1, 0.15) is 12.2 Å². The average Bonchev–Trinajstić information content (AvgIpc) is 3.25. The fourth-order valence-electron chi connectivity index (χ4n) is 2.13. The number of hydrogen-bond acceptors (Lipinski definition) is 5. The lowest BCUT2D eigenvalue weighted by molar-refractivity contribution is -0.109. The summed E-state index contributed by atoms with van der Waals surface area (Å²) in [7, 11) is 3.18. The van der Waals surface area contributed by atoms with E-state index in [9.17, 15) is 5.11 Å². The van der Waals surface area contributed by atoms with Crippen LogP contribution in [0.1, 0.15) is 12.0 Å².